The largest absolute Gasteiger partial charge is 0.405 e. The highest BCUT2D eigenvalue weighted by atomic mass is 32.1. The van der Waals surface area contributed by atoms with E-state index in [4.69, 9.17) is 0 Å². The monoisotopic (exact) mass is 525 g/mol. The Labute approximate surface area is 208 Å². The molecule has 0 saturated heterocycles. The molecule has 0 aromatic carbocycles. The summed E-state index contributed by atoms with van der Waals surface area (Å²) in [5.74, 6) is -1.53. The van der Waals surface area contributed by atoms with E-state index in [2.05, 4.69) is 30.6 Å². The second kappa shape index (κ2) is 9.41. The first kappa shape index (κ1) is 26.0. The minimum atomic E-state index is -4.50. The Balaban J connectivity index is 1.78. The van der Waals surface area contributed by atoms with Crippen molar-refractivity contribution in [3.8, 4) is 10.6 Å². The fraction of sp³-hybridized carbons (Fsp3) is 0.500. The van der Waals surface area contributed by atoms with Gasteiger partial charge >= 0.3 is 6.18 Å². The van der Waals surface area contributed by atoms with Crippen LogP contribution >= 0.6 is 11.3 Å². The number of carbonyl (C=O) groups excluding carboxylic acids is 1. The van der Waals surface area contributed by atoms with E-state index in [1.54, 1.807) is 40.2 Å². The van der Waals surface area contributed by atoms with E-state index in [0.29, 0.717) is 27.5 Å². The Bertz CT molecular complexity index is 1300. The van der Waals surface area contributed by atoms with Crippen molar-refractivity contribution in [3.05, 3.63) is 23.7 Å². The van der Waals surface area contributed by atoms with Crippen LogP contribution in [0.4, 0.5) is 24.9 Å². The molecule has 194 valence electrons. The van der Waals surface area contributed by atoms with Gasteiger partial charge in [0.25, 0.3) is 0 Å². The van der Waals surface area contributed by atoms with Crippen molar-refractivity contribution in [2.75, 3.05) is 31.3 Å². The quantitative estimate of drug-likeness (QED) is 0.358. The molecule has 3 atom stereocenters. The summed E-state index contributed by atoms with van der Waals surface area (Å²) < 4.78 is 39.3. The van der Waals surface area contributed by atoms with Crippen LogP contribution in [0.15, 0.2) is 12.3 Å². The van der Waals surface area contributed by atoms with Crippen LogP contribution < -0.4 is 10.6 Å². The van der Waals surface area contributed by atoms with Crippen molar-refractivity contribution in [1.29, 1.82) is 0 Å². The predicted octanol–water partition coefficient (Wildman–Crippen LogP) is 2.70. The number of aliphatic hydroxyl groups excluding tert-OH is 1. The van der Waals surface area contributed by atoms with E-state index in [1.807, 2.05) is 0 Å². The molecule has 0 bridgehead atoms. The highest BCUT2D eigenvalue weighted by Gasteiger charge is 2.50. The molecule has 0 radical (unpaired) electrons. The molecule has 14 heteroatoms. The molecule has 4 rings (SSSR count). The molecule has 1 aliphatic rings. The van der Waals surface area contributed by atoms with Crippen LogP contribution in [0.3, 0.4) is 0 Å². The molecular weight excluding hydrogens is 499 g/mol. The normalized spacial score (nSPS) is 22.1. The molecule has 1 saturated carbocycles. The molecule has 36 heavy (non-hydrogen) atoms. The van der Waals surface area contributed by atoms with Gasteiger partial charge in [-0.2, -0.15) is 18.2 Å². The molecule has 3 heterocycles. The second-order valence-electron chi connectivity index (χ2n) is 8.96. The molecule has 0 aliphatic heterocycles. The van der Waals surface area contributed by atoms with Crippen LogP contribution in [0.5, 0.6) is 0 Å². The molecular formula is C22H26F3N7O3S. The molecule has 0 spiro atoms. The third-order valence-electron chi connectivity index (χ3n) is 6.04. The SMILES string of the molecule is Cc1nc(NCC(F)(F)F)nc(N[C@]2(O)CC[C@H](C(=O)N(C)C)[C@H]2O)c1-c1nc2c(C)nccc2s1. The number of aromatic nitrogens is 4. The number of thiazole rings is 1. The van der Waals surface area contributed by atoms with Gasteiger partial charge in [0.05, 0.1) is 27.6 Å². The number of hydrogen-bond donors (Lipinski definition) is 4. The summed E-state index contributed by atoms with van der Waals surface area (Å²) in [6.07, 6.45) is -4.13. The molecule has 1 fully saturated rings. The number of carbonyl (C=O) groups is 1. The van der Waals surface area contributed by atoms with Gasteiger partial charge in [-0.25, -0.2) is 9.97 Å². The van der Waals surface area contributed by atoms with Crippen molar-refractivity contribution < 1.29 is 28.2 Å². The Morgan fingerprint density at radius 1 is 1.25 bits per heavy atom. The first-order valence-corrected chi connectivity index (χ1v) is 11.9. The smallest absolute Gasteiger partial charge is 0.387 e. The van der Waals surface area contributed by atoms with Gasteiger partial charge < -0.3 is 25.7 Å². The van der Waals surface area contributed by atoms with Gasteiger partial charge in [-0.05, 0) is 32.8 Å². The van der Waals surface area contributed by atoms with Crippen molar-refractivity contribution >= 4 is 39.2 Å². The number of nitrogens with zero attached hydrogens (tertiary/aromatic N) is 5. The molecule has 10 nitrogen and oxygen atoms in total. The standard InChI is InChI=1S/C22H26F3N7O3S/c1-10-14(18-29-15-11(2)26-8-6-13(15)36-18)17(30-20(28-10)27-9-22(23,24)25)31-21(35)7-5-12(16(21)33)19(34)32(3)4/h6,8,12,16,33,35H,5,7,9H2,1-4H3,(H2,27,28,30,31)/t12-,16+,21-/m0/s1. The average molecular weight is 526 g/mol. The number of halogens is 3. The Morgan fingerprint density at radius 2 is 1.97 bits per heavy atom. The molecule has 4 N–H and O–H groups in total. The van der Waals surface area contributed by atoms with Crippen molar-refractivity contribution in [2.24, 2.45) is 5.92 Å². The molecule has 0 unspecified atom stereocenters. The van der Waals surface area contributed by atoms with Crippen LogP contribution in [0.1, 0.15) is 24.2 Å². The summed E-state index contributed by atoms with van der Waals surface area (Å²) in [5, 5.41) is 27.6. The van der Waals surface area contributed by atoms with E-state index >= 15 is 0 Å². The number of fused-ring (bicyclic) bond motifs is 1. The molecule has 1 amide bonds. The highest BCUT2D eigenvalue weighted by Crippen LogP contribution is 2.41. The summed E-state index contributed by atoms with van der Waals surface area (Å²) in [5.41, 5.74) is 0.0521. The zero-order valence-electron chi connectivity index (χ0n) is 20.0. The van der Waals surface area contributed by atoms with Crippen LogP contribution in [-0.4, -0.2) is 79.6 Å². The number of nitrogens with one attached hydrogen (secondary N) is 2. The summed E-state index contributed by atoms with van der Waals surface area (Å²) in [7, 11) is 3.10. The van der Waals surface area contributed by atoms with Crippen LogP contribution in [0, 0.1) is 19.8 Å². The zero-order chi connectivity index (χ0) is 26.4. The number of rotatable bonds is 6. The van der Waals surface area contributed by atoms with E-state index in [-0.39, 0.29) is 30.5 Å². The lowest BCUT2D eigenvalue weighted by Crippen LogP contribution is -2.50. The van der Waals surface area contributed by atoms with E-state index in [9.17, 15) is 28.2 Å². The predicted molar refractivity (Wildman–Crippen MR) is 128 cm³/mol. The first-order valence-electron chi connectivity index (χ1n) is 11.1. The lowest BCUT2D eigenvalue weighted by atomic mass is 10.0. The maximum absolute atomic E-state index is 12.8. The fourth-order valence-corrected chi connectivity index (χ4v) is 5.32. The molecule has 3 aromatic heterocycles. The van der Waals surface area contributed by atoms with Gasteiger partial charge in [0.1, 0.15) is 29.0 Å². The number of anilines is 2. The van der Waals surface area contributed by atoms with Crippen molar-refractivity contribution in [3.63, 3.8) is 0 Å². The Kier molecular flexibility index (Phi) is 6.79. The van der Waals surface area contributed by atoms with Gasteiger partial charge in [0.15, 0.2) is 5.72 Å². The lowest BCUT2D eigenvalue weighted by Gasteiger charge is -2.31. The number of hydrogen-bond acceptors (Lipinski definition) is 10. The number of alkyl halides is 3. The van der Waals surface area contributed by atoms with Gasteiger partial charge in [-0.3, -0.25) is 9.78 Å². The van der Waals surface area contributed by atoms with Crippen molar-refractivity contribution in [1.82, 2.24) is 24.8 Å². The number of aryl methyl sites for hydroxylation is 2. The summed E-state index contributed by atoms with van der Waals surface area (Å²) in [6.45, 7) is 2.03. The number of pyridine rings is 1. The molecule has 1 aliphatic carbocycles. The first-order chi connectivity index (χ1) is 16.8. The van der Waals surface area contributed by atoms with E-state index in [0.717, 1.165) is 4.70 Å². The van der Waals surface area contributed by atoms with Crippen LogP contribution in [0.2, 0.25) is 0 Å². The third kappa shape index (κ3) is 5.06. The van der Waals surface area contributed by atoms with Gasteiger partial charge in [0.2, 0.25) is 11.9 Å². The Morgan fingerprint density at radius 3 is 2.61 bits per heavy atom. The molecule has 3 aromatic rings. The summed E-state index contributed by atoms with van der Waals surface area (Å²) in [6, 6.07) is 1.79. The third-order valence-corrected chi connectivity index (χ3v) is 7.08. The zero-order valence-corrected chi connectivity index (χ0v) is 20.8. The van der Waals surface area contributed by atoms with Gasteiger partial charge in [-0.1, -0.05) is 0 Å². The lowest BCUT2D eigenvalue weighted by molar-refractivity contribution is -0.139. The minimum Gasteiger partial charge on any atom is -0.387 e. The Hall–Kier alpha value is -3.10. The van der Waals surface area contributed by atoms with Gasteiger partial charge in [-0.15, -0.1) is 11.3 Å². The highest BCUT2D eigenvalue weighted by molar-refractivity contribution is 7.21. The summed E-state index contributed by atoms with van der Waals surface area (Å²) in [4.78, 5) is 31.0. The van der Waals surface area contributed by atoms with Crippen LogP contribution in [0.25, 0.3) is 20.8 Å². The van der Waals surface area contributed by atoms with Gasteiger partial charge in [0, 0.05) is 20.3 Å². The topological polar surface area (TPSA) is 136 Å². The maximum Gasteiger partial charge on any atom is 0.405 e. The fourth-order valence-electron chi connectivity index (χ4n) is 4.21. The maximum atomic E-state index is 12.8. The van der Waals surface area contributed by atoms with E-state index < -0.39 is 30.5 Å². The second-order valence-corrected chi connectivity index (χ2v) is 9.99. The van der Waals surface area contributed by atoms with E-state index in [1.165, 1.54) is 16.2 Å². The number of aliphatic hydroxyl groups is 2. The van der Waals surface area contributed by atoms with Crippen molar-refractivity contribution in [2.45, 2.75) is 44.7 Å². The average Bonchev–Trinajstić information content (AvgIpc) is 3.33. The minimum absolute atomic E-state index is 0.00902. The summed E-state index contributed by atoms with van der Waals surface area (Å²) >= 11 is 1.31. The number of amides is 1. The van der Waals surface area contributed by atoms with Crippen LogP contribution in [-0.2, 0) is 4.79 Å².